The van der Waals surface area contributed by atoms with Crippen LogP contribution in [0.25, 0.3) is 62.9 Å². The summed E-state index contributed by atoms with van der Waals surface area (Å²) in [7, 11) is 3.33. The van der Waals surface area contributed by atoms with Crippen molar-refractivity contribution in [1.82, 2.24) is 0 Å². The van der Waals surface area contributed by atoms with Crippen LogP contribution in [-0.2, 0) is 44.9 Å². The van der Waals surface area contributed by atoms with Gasteiger partial charge in [-0.2, -0.15) is 40.9 Å². The summed E-state index contributed by atoms with van der Waals surface area (Å²) in [5, 5.41) is 44.0. The molecule has 0 radical (unpaired) electrons. The first-order valence-electron chi connectivity index (χ1n) is 46.2. The Kier molecular flexibility index (Phi) is 30.1. The topological polar surface area (TPSA) is 142 Å². The van der Waals surface area contributed by atoms with Gasteiger partial charge in [0.05, 0.1) is 71.1 Å². The average molecular weight is 1770 g/mol. The quantitative estimate of drug-likeness (QED) is 0.0888. The molecule has 0 bridgehead atoms. The van der Waals surface area contributed by atoms with E-state index in [-0.39, 0.29) is 0 Å². The fraction of sp³-hybridized carbons (Fsp3) is 0.113. The van der Waals surface area contributed by atoms with Crippen molar-refractivity contribution < 1.29 is 9.47 Å². The Balaban J connectivity index is 0.000000111. The van der Waals surface area contributed by atoms with Gasteiger partial charge >= 0.3 is 0 Å². The Bertz CT molecular complexity index is 7060. The predicted octanol–water partition coefficient (Wildman–Crippen LogP) is 34.0. The molecule has 0 saturated heterocycles. The van der Waals surface area contributed by atoms with Gasteiger partial charge < -0.3 is 9.47 Å². The molecule has 136 heavy (non-hydrogen) atoms. The first-order chi connectivity index (χ1) is 66.8. The highest BCUT2D eigenvalue weighted by Gasteiger charge is 2.26. The first kappa shape index (κ1) is 91.2. The van der Waals surface area contributed by atoms with E-state index in [2.05, 4.69) is 347 Å². The molecule has 12 heteroatoms. The second-order valence-electron chi connectivity index (χ2n) is 34.1. The lowest BCUT2D eigenvalue weighted by Crippen LogP contribution is -1.87. The Morgan fingerprint density at radius 1 is 0.199 bits per heavy atom. The van der Waals surface area contributed by atoms with Gasteiger partial charge in [-0.25, -0.2) is 0 Å². The predicted molar refractivity (Wildman–Crippen MR) is 562 cm³/mol. The van der Waals surface area contributed by atoms with Gasteiger partial charge in [0.25, 0.3) is 0 Å². The van der Waals surface area contributed by atoms with Crippen LogP contribution in [-0.4, -0.2) is 14.2 Å². The molecule has 664 valence electrons. The van der Waals surface area contributed by atoms with E-state index in [4.69, 9.17) is 9.47 Å². The number of nitrogens with zero attached hydrogens (tertiary/aromatic N) is 10. The zero-order valence-corrected chi connectivity index (χ0v) is 77.7. The molecule has 12 nitrogen and oxygen atoms in total. The minimum Gasteiger partial charge on any atom is -0.497 e. The lowest BCUT2D eigenvalue weighted by molar-refractivity contribution is 0.414. The number of aryl methyl sites for hydroxylation is 5. The third-order valence-corrected chi connectivity index (χ3v) is 24.5. The zero-order chi connectivity index (χ0) is 93.2. The molecule has 7 aliphatic rings. The fourth-order valence-electron chi connectivity index (χ4n) is 16.9. The van der Waals surface area contributed by atoms with E-state index in [0.717, 1.165) is 124 Å². The van der Waals surface area contributed by atoms with Crippen LogP contribution < -0.4 is 9.47 Å². The van der Waals surface area contributed by atoms with Gasteiger partial charge in [-0.05, 0) is 246 Å². The van der Waals surface area contributed by atoms with Crippen molar-refractivity contribution in [3.63, 3.8) is 0 Å². The molecular formula is C124H106N10O2. The maximum absolute atomic E-state index is 5.28. The van der Waals surface area contributed by atoms with Crippen molar-refractivity contribution in [3.8, 4) is 11.5 Å². The summed E-state index contributed by atoms with van der Waals surface area (Å²) < 4.78 is 10.5. The van der Waals surface area contributed by atoms with Crippen LogP contribution in [0.4, 0.5) is 28.4 Å². The van der Waals surface area contributed by atoms with E-state index in [1.165, 1.54) is 139 Å². The zero-order valence-electron chi connectivity index (χ0n) is 77.7. The SMILES string of the molecule is C1=C(N=Nc2ccccc2)c2ccccc2C1.COc1ccc(N=NC2=C(c3ccc(OC)cc3)Cc3ccccc32)cc1.Cc1ccc(C2=C(N=Nc3ccccc3)c3ccccc3C2)cc1.Cc1ccc(C2=Cc3ccccc3C2)cc1.Cc1ccc(C2=Cc3ccccc3C2)cc1.Cc1ccc(N=NC2=CCc3ccccc32)cc1.Cc1ccc(N=NC2=CCc3ccccc32)cc1. The molecule has 0 aliphatic heterocycles. The molecule has 0 atom stereocenters. The summed E-state index contributed by atoms with van der Waals surface area (Å²) in [5.74, 6) is 1.65. The Morgan fingerprint density at radius 3 is 0.779 bits per heavy atom. The Labute approximate surface area is 798 Å². The van der Waals surface area contributed by atoms with Crippen LogP contribution >= 0.6 is 0 Å². The number of methoxy groups -OCH3 is 2. The number of hydrogen-bond acceptors (Lipinski definition) is 12. The minimum absolute atomic E-state index is 0.793. The number of hydrogen-bond donors (Lipinski definition) is 0. The van der Waals surface area contributed by atoms with Gasteiger partial charge in [-0.15, -0.1) is 10.2 Å². The lowest BCUT2D eigenvalue weighted by Gasteiger charge is -2.06. The van der Waals surface area contributed by atoms with Crippen molar-refractivity contribution in [1.29, 1.82) is 0 Å². The molecule has 0 heterocycles. The minimum atomic E-state index is 0.793. The maximum Gasteiger partial charge on any atom is 0.119 e. The molecule has 0 fully saturated rings. The average Bonchev–Trinajstić information content (AvgIpc) is 1.63. The second-order valence-corrected chi connectivity index (χ2v) is 34.1. The molecule has 16 aromatic carbocycles. The highest BCUT2D eigenvalue weighted by atomic mass is 16.5. The monoisotopic (exact) mass is 1770 g/mol. The number of fused-ring (bicyclic) bond motifs is 7. The summed E-state index contributed by atoms with van der Waals surface area (Å²) >= 11 is 0. The largest absolute Gasteiger partial charge is 0.497 e. The van der Waals surface area contributed by atoms with Crippen LogP contribution in [0.2, 0.25) is 0 Å². The Hall–Kier alpha value is -16.7. The second kappa shape index (κ2) is 44.9. The smallest absolute Gasteiger partial charge is 0.119 e. The normalized spacial score (nSPS) is 13.5. The molecule has 0 amide bonds. The molecule has 7 aliphatic carbocycles. The van der Waals surface area contributed by atoms with Crippen molar-refractivity contribution in [3.05, 3.63) is 547 Å². The van der Waals surface area contributed by atoms with E-state index in [9.17, 15) is 0 Å². The van der Waals surface area contributed by atoms with Crippen LogP contribution in [0.15, 0.2) is 470 Å². The fourth-order valence-corrected chi connectivity index (χ4v) is 16.9. The molecule has 0 saturated carbocycles. The Morgan fingerprint density at radius 2 is 0.449 bits per heavy atom. The van der Waals surface area contributed by atoms with Crippen LogP contribution in [0.5, 0.6) is 11.5 Å². The van der Waals surface area contributed by atoms with Crippen molar-refractivity contribution in [2.24, 2.45) is 51.1 Å². The summed E-state index contributed by atoms with van der Waals surface area (Å²) in [6, 6.07) is 137. The summed E-state index contributed by atoms with van der Waals surface area (Å²) in [4.78, 5) is 0. The number of ether oxygens (including phenoxy) is 2. The van der Waals surface area contributed by atoms with E-state index in [1.54, 1.807) is 14.2 Å². The number of allylic oxidation sites excluding steroid dienone is 7. The first-order valence-corrected chi connectivity index (χ1v) is 46.2. The summed E-state index contributed by atoms with van der Waals surface area (Å²) in [5.41, 5.74) is 44.0. The van der Waals surface area contributed by atoms with Crippen molar-refractivity contribution >= 4 is 91.4 Å². The number of rotatable bonds is 16. The van der Waals surface area contributed by atoms with Gasteiger partial charge in [0.2, 0.25) is 0 Å². The molecule has 16 aromatic rings. The highest BCUT2D eigenvalue weighted by molar-refractivity contribution is 5.98. The van der Waals surface area contributed by atoms with Gasteiger partial charge in [0.15, 0.2) is 0 Å². The highest BCUT2D eigenvalue weighted by Crippen LogP contribution is 2.44. The van der Waals surface area contributed by atoms with Crippen LogP contribution in [0.1, 0.15) is 128 Å². The number of azo groups is 5. The third-order valence-electron chi connectivity index (χ3n) is 24.5. The van der Waals surface area contributed by atoms with Crippen LogP contribution in [0.3, 0.4) is 0 Å². The van der Waals surface area contributed by atoms with E-state index in [1.807, 2.05) is 170 Å². The molecule has 0 N–H and O–H groups in total. The standard InChI is InChI=1S/C23H20N2O2.C22H18N2.2C16H14N2.2C16H14.C15H12N2/c1-26-19-11-7-16(8-12-19)22-15-17-5-3-4-6-21(17)23(22)25-24-18-9-13-20(27-2)14-10-18;1-16-11-13-17(14-12-16)21-15-18-7-5-6-10-20(18)22(21)24-23-19-8-3-2-4-9-19;2*1-12-6-9-14(10-7-12)17-18-16-11-8-13-4-2-3-5-15(13)16;2*1-12-6-8-13(9-7-12)16-10-14-4-2-3-5-15(14)11-16;1-2-7-13(8-3-1)16-17-15-11-10-12-6-4-5-9-14(12)15/h3-14H,15H2,1-2H3;2-14H,15H2,1H3;2*2-7,9-11H,8H2,1H3;2*2-10H,11H2,1H3;1-9,11H,10H2. The van der Waals surface area contributed by atoms with Gasteiger partial charge in [0, 0.05) is 40.7 Å². The van der Waals surface area contributed by atoms with Crippen molar-refractivity contribution in [2.75, 3.05) is 14.2 Å². The third kappa shape index (κ3) is 23.8. The maximum atomic E-state index is 5.28. The molecule has 23 rings (SSSR count). The van der Waals surface area contributed by atoms with Crippen LogP contribution in [0, 0.1) is 34.6 Å². The summed E-state index contributed by atoms with van der Waals surface area (Å²) in [6.07, 6.45) is 17.7. The van der Waals surface area contributed by atoms with E-state index < -0.39 is 0 Å². The molecular weight excluding hydrogens is 1660 g/mol. The van der Waals surface area contributed by atoms with Gasteiger partial charge in [-0.3, -0.25) is 0 Å². The van der Waals surface area contributed by atoms with Gasteiger partial charge in [-0.1, -0.05) is 374 Å². The lowest BCUT2D eigenvalue weighted by atomic mass is 10.0. The van der Waals surface area contributed by atoms with E-state index in [0.29, 0.717) is 0 Å². The summed E-state index contributed by atoms with van der Waals surface area (Å²) in [6.45, 7) is 10.5. The van der Waals surface area contributed by atoms with Gasteiger partial charge in [0.1, 0.15) is 11.5 Å². The molecule has 0 spiro atoms. The number of benzene rings is 16. The van der Waals surface area contributed by atoms with E-state index >= 15 is 0 Å². The molecule has 0 unspecified atom stereocenters. The van der Waals surface area contributed by atoms with Crippen molar-refractivity contribution in [2.45, 2.75) is 79.6 Å². The molecule has 0 aromatic heterocycles.